The maximum Gasteiger partial charge on any atom is 0.262 e. The standard InChI is InChI=1S/C13H14BrClFNO3S/c14-12-10(16)6-8(7-11(12)21(15,19)20)13(18)17-9-4-2-1-3-5-9/h6-7,9H,1-5H2,(H,17,18). The molecule has 0 heterocycles. The van der Waals surface area contributed by atoms with E-state index in [2.05, 4.69) is 21.2 Å². The summed E-state index contributed by atoms with van der Waals surface area (Å²) in [5.41, 5.74) is -0.0551. The van der Waals surface area contributed by atoms with Crippen molar-refractivity contribution in [3.63, 3.8) is 0 Å². The Hall–Kier alpha value is -0.660. The molecule has 1 aromatic rings. The predicted octanol–water partition coefficient (Wildman–Crippen LogP) is 3.58. The Morgan fingerprint density at radius 2 is 1.90 bits per heavy atom. The molecule has 1 amide bonds. The molecule has 0 aliphatic heterocycles. The maximum atomic E-state index is 13.8. The van der Waals surface area contributed by atoms with Crippen LogP contribution in [0, 0.1) is 5.82 Å². The van der Waals surface area contributed by atoms with Crippen molar-refractivity contribution >= 4 is 41.6 Å². The highest BCUT2D eigenvalue weighted by Crippen LogP contribution is 2.29. The summed E-state index contributed by atoms with van der Waals surface area (Å²) in [6.07, 6.45) is 4.99. The Morgan fingerprint density at radius 1 is 1.29 bits per heavy atom. The molecule has 0 bridgehead atoms. The van der Waals surface area contributed by atoms with Crippen LogP contribution in [0.15, 0.2) is 21.5 Å². The van der Waals surface area contributed by atoms with E-state index < -0.39 is 25.7 Å². The average Bonchev–Trinajstić information content (AvgIpc) is 2.41. The van der Waals surface area contributed by atoms with E-state index in [-0.39, 0.29) is 16.1 Å². The molecule has 0 spiro atoms. The Morgan fingerprint density at radius 3 is 2.48 bits per heavy atom. The van der Waals surface area contributed by atoms with Gasteiger partial charge >= 0.3 is 0 Å². The first-order valence-electron chi connectivity index (χ1n) is 6.53. The highest BCUT2D eigenvalue weighted by Gasteiger charge is 2.23. The van der Waals surface area contributed by atoms with Gasteiger partial charge in [-0.1, -0.05) is 19.3 Å². The number of carbonyl (C=O) groups is 1. The number of hydrogen-bond donors (Lipinski definition) is 1. The Labute approximate surface area is 135 Å². The van der Waals surface area contributed by atoms with Crippen LogP contribution in [0.4, 0.5) is 4.39 Å². The number of rotatable bonds is 3. The van der Waals surface area contributed by atoms with Crippen LogP contribution < -0.4 is 5.32 Å². The van der Waals surface area contributed by atoms with Crippen molar-refractivity contribution in [1.82, 2.24) is 5.32 Å². The van der Waals surface area contributed by atoms with Crippen LogP contribution >= 0.6 is 26.6 Å². The van der Waals surface area contributed by atoms with Gasteiger partial charge in [-0.25, -0.2) is 12.8 Å². The van der Waals surface area contributed by atoms with Gasteiger partial charge in [-0.3, -0.25) is 4.79 Å². The van der Waals surface area contributed by atoms with E-state index in [1.54, 1.807) is 0 Å². The Bertz CT molecular complexity index is 660. The van der Waals surface area contributed by atoms with Gasteiger partial charge in [0.05, 0.1) is 4.47 Å². The first kappa shape index (κ1) is 16.7. The molecule has 1 N–H and O–H groups in total. The van der Waals surface area contributed by atoms with Crippen LogP contribution in [0.5, 0.6) is 0 Å². The lowest BCUT2D eigenvalue weighted by atomic mass is 9.95. The predicted molar refractivity (Wildman–Crippen MR) is 81.5 cm³/mol. The van der Waals surface area contributed by atoms with E-state index in [0.29, 0.717) is 0 Å². The lowest BCUT2D eigenvalue weighted by Crippen LogP contribution is -2.36. The summed E-state index contributed by atoms with van der Waals surface area (Å²) in [4.78, 5) is 11.7. The van der Waals surface area contributed by atoms with Gasteiger partial charge in [-0.2, -0.15) is 0 Å². The van der Waals surface area contributed by atoms with Gasteiger partial charge in [0.1, 0.15) is 10.7 Å². The molecule has 1 aliphatic rings. The molecular weight excluding hydrogens is 385 g/mol. The molecule has 1 aliphatic carbocycles. The number of amides is 1. The van der Waals surface area contributed by atoms with Gasteiger partial charge in [0.25, 0.3) is 15.0 Å². The Balaban J connectivity index is 2.27. The number of carbonyl (C=O) groups excluding carboxylic acids is 1. The quantitative estimate of drug-likeness (QED) is 0.792. The van der Waals surface area contributed by atoms with Crippen molar-refractivity contribution in [3.8, 4) is 0 Å². The van der Waals surface area contributed by atoms with Crippen molar-refractivity contribution in [2.45, 2.75) is 43.0 Å². The number of benzene rings is 1. The first-order valence-corrected chi connectivity index (χ1v) is 9.64. The third-order valence-corrected chi connectivity index (χ3v) is 5.87. The monoisotopic (exact) mass is 397 g/mol. The molecule has 2 rings (SSSR count). The highest BCUT2D eigenvalue weighted by atomic mass is 79.9. The van der Waals surface area contributed by atoms with Gasteiger partial charge in [0.2, 0.25) is 0 Å². The summed E-state index contributed by atoms with van der Waals surface area (Å²) in [7, 11) is 1.11. The summed E-state index contributed by atoms with van der Waals surface area (Å²) in [5.74, 6) is -1.33. The fourth-order valence-corrected chi connectivity index (χ4v) is 4.48. The maximum absolute atomic E-state index is 13.8. The lowest BCUT2D eigenvalue weighted by molar-refractivity contribution is 0.0927. The Kier molecular flexibility index (Phi) is 5.27. The zero-order valence-corrected chi connectivity index (χ0v) is 14.2. The van der Waals surface area contributed by atoms with Crippen molar-refractivity contribution in [2.75, 3.05) is 0 Å². The molecule has 1 saturated carbocycles. The fraction of sp³-hybridized carbons (Fsp3) is 0.462. The normalized spacial score (nSPS) is 16.7. The van der Waals surface area contributed by atoms with E-state index in [1.807, 2.05) is 0 Å². The number of halogens is 3. The van der Waals surface area contributed by atoms with Crippen LogP contribution in [0.2, 0.25) is 0 Å². The largest absolute Gasteiger partial charge is 0.349 e. The van der Waals surface area contributed by atoms with Crippen molar-refractivity contribution in [1.29, 1.82) is 0 Å². The zero-order valence-electron chi connectivity index (χ0n) is 11.0. The van der Waals surface area contributed by atoms with Gasteiger partial charge in [-0.05, 0) is 40.9 Å². The molecule has 0 atom stereocenters. The molecule has 0 unspecified atom stereocenters. The van der Waals surface area contributed by atoms with Crippen molar-refractivity contribution < 1.29 is 17.6 Å². The smallest absolute Gasteiger partial charge is 0.262 e. The van der Waals surface area contributed by atoms with E-state index in [0.717, 1.165) is 44.2 Å². The highest BCUT2D eigenvalue weighted by molar-refractivity contribution is 9.10. The topological polar surface area (TPSA) is 63.2 Å². The van der Waals surface area contributed by atoms with Crippen LogP contribution in [0.1, 0.15) is 42.5 Å². The summed E-state index contributed by atoms with van der Waals surface area (Å²) in [6, 6.07) is 2.12. The SMILES string of the molecule is O=C(NC1CCCCC1)c1cc(F)c(Br)c(S(=O)(=O)Cl)c1. The van der Waals surface area contributed by atoms with Crippen molar-refractivity contribution in [3.05, 3.63) is 28.0 Å². The lowest BCUT2D eigenvalue weighted by Gasteiger charge is -2.22. The molecule has 0 aromatic heterocycles. The zero-order chi connectivity index (χ0) is 15.6. The average molecular weight is 399 g/mol. The van der Waals surface area contributed by atoms with Gasteiger partial charge < -0.3 is 5.32 Å². The van der Waals surface area contributed by atoms with Crippen LogP contribution in [-0.4, -0.2) is 20.4 Å². The minimum absolute atomic E-state index is 0.0500. The van der Waals surface area contributed by atoms with E-state index in [1.165, 1.54) is 0 Å². The van der Waals surface area contributed by atoms with E-state index >= 15 is 0 Å². The number of hydrogen-bond acceptors (Lipinski definition) is 3. The fourth-order valence-electron chi connectivity index (χ4n) is 2.39. The molecular formula is C13H14BrClFNO3S. The van der Waals surface area contributed by atoms with Crippen molar-refractivity contribution in [2.24, 2.45) is 0 Å². The molecule has 4 nitrogen and oxygen atoms in total. The summed E-state index contributed by atoms with van der Waals surface area (Å²) < 4.78 is 36.3. The molecule has 1 aromatic carbocycles. The minimum Gasteiger partial charge on any atom is -0.349 e. The summed E-state index contributed by atoms with van der Waals surface area (Å²) >= 11 is 2.83. The second-order valence-electron chi connectivity index (χ2n) is 5.02. The van der Waals surface area contributed by atoms with Crippen LogP contribution in [0.3, 0.4) is 0 Å². The third kappa shape index (κ3) is 4.17. The molecule has 116 valence electrons. The minimum atomic E-state index is -4.14. The van der Waals surface area contributed by atoms with E-state index in [4.69, 9.17) is 10.7 Å². The van der Waals surface area contributed by atoms with Crippen LogP contribution in [-0.2, 0) is 9.05 Å². The molecule has 21 heavy (non-hydrogen) atoms. The number of nitrogens with one attached hydrogen (secondary N) is 1. The van der Waals surface area contributed by atoms with Gasteiger partial charge in [0, 0.05) is 22.3 Å². The second-order valence-corrected chi connectivity index (χ2v) is 8.34. The summed E-state index contributed by atoms with van der Waals surface area (Å²) in [5, 5.41) is 2.80. The van der Waals surface area contributed by atoms with Gasteiger partial charge in [0.15, 0.2) is 0 Å². The summed E-state index contributed by atoms with van der Waals surface area (Å²) in [6.45, 7) is 0. The second kappa shape index (κ2) is 6.62. The molecule has 0 radical (unpaired) electrons. The molecule has 1 fully saturated rings. The first-order chi connectivity index (χ1) is 9.79. The third-order valence-electron chi connectivity index (χ3n) is 3.46. The van der Waals surface area contributed by atoms with Crippen LogP contribution in [0.25, 0.3) is 0 Å². The van der Waals surface area contributed by atoms with Gasteiger partial charge in [-0.15, -0.1) is 0 Å². The molecule has 0 saturated heterocycles. The van der Waals surface area contributed by atoms with E-state index in [9.17, 15) is 17.6 Å². The molecule has 8 heteroatoms.